The lowest BCUT2D eigenvalue weighted by atomic mass is 10.1. The molecule has 2 aliphatic rings. The van der Waals surface area contributed by atoms with Crippen molar-refractivity contribution in [2.75, 3.05) is 19.8 Å². The van der Waals surface area contributed by atoms with Gasteiger partial charge in [-0.1, -0.05) is 12.1 Å². The molecule has 108 valence electrons. The Kier molecular flexibility index (Phi) is 4.06. The summed E-state index contributed by atoms with van der Waals surface area (Å²) >= 11 is 0. The van der Waals surface area contributed by atoms with Crippen LogP contribution in [0.5, 0.6) is 11.5 Å². The molecule has 0 spiro atoms. The van der Waals surface area contributed by atoms with Crippen molar-refractivity contribution in [2.45, 2.75) is 31.8 Å². The number of carbonyl (C=O) groups excluding carboxylic acids is 1. The molecule has 1 aromatic rings. The molecule has 0 radical (unpaired) electrons. The van der Waals surface area contributed by atoms with Gasteiger partial charge in [0.15, 0.2) is 11.5 Å². The molecular weight excluding hydrogens is 256 g/mol. The van der Waals surface area contributed by atoms with E-state index >= 15 is 0 Å². The molecule has 3 rings (SSSR count). The summed E-state index contributed by atoms with van der Waals surface area (Å²) < 4.78 is 11.5. The van der Waals surface area contributed by atoms with Gasteiger partial charge in [0.25, 0.3) is 0 Å². The van der Waals surface area contributed by atoms with Crippen molar-refractivity contribution in [3.05, 3.63) is 23.8 Å². The maximum Gasteiger partial charge on any atom is 0.237 e. The van der Waals surface area contributed by atoms with Crippen LogP contribution in [0.1, 0.15) is 24.8 Å². The van der Waals surface area contributed by atoms with Gasteiger partial charge in [0, 0.05) is 25.1 Å². The van der Waals surface area contributed by atoms with Gasteiger partial charge in [0.1, 0.15) is 0 Å². The largest absolute Gasteiger partial charge is 0.490 e. The molecule has 1 saturated heterocycles. The Morgan fingerprint density at radius 2 is 2.15 bits per heavy atom. The molecule has 5 nitrogen and oxygen atoms in total. The number of fused-ring (bicyclic) bond motifs is 1. The van der Waals surface area contributed by atoms with Gasteiger partial charge >= 0.3 is 0 Å². The lowest BCUT2D eigenvalue weighted by Gasteiger charge is -2.23. The average Bonchev–Trinajstić information content (AvgIpc) is 2.72. The molecule has 5 heteroatoms. The van der Waals surface area contributed by atoms with Gasteiger partial charge in [-0.3, -0.25) is 4.79 Å². The third kappa shape index (κ3) is 2.88. The zero-order valence-corrected chi connectivity index (χ0v) is 11.5. The van der Waals surface area contributed by atoms with Crippen molar-refractivity contribution in [2.24, 2.45) is 0 Å². The Labute approximate surface area is 118 Å². The van der Waals surface area contributed by atoms with Crippen molar-refractivity contribution in [3.63, 3.8) is 0 Å². The van der Waals surface area contributed by atoms with E-state index in [1.165, 1.54) is 0 Å². The minimum Gasteiger partial charge on any atom is -0.490 e. The fourth-order valence-corrected chi connectivity index (χ4v) is 2.59. The van der Waals surface area contributed by atoms with Crippen LogP contribution in [-0.4, -0.2) is 31.7 Å². The number of piperidine rings is 1. The minimum atomic E-state index is -0.105. The van der Waals surface area contributed by atoms with Crippen LogP contribution in [0.2, 0.25) is 0 Å². The molecular formula is C15H20N2O3. The predicted molar refractivity (Wildman–Crippen MR) is 74.9 cm³/mol. The second-order valence-corrected chi connectivity index (χ2v) is 5.16. The maximum absolute atomic E-state index is 11.7. The van der Waals surface area contributed by atoms with Crippen molar-refractivity contribution in [1.29, 1.82) is 0 Å². The second kappa shape index (κ2) is 6.13. The summed E-state index contributed by atoms with van der Waals surface area (Å²) in [4.78, 5) is 11.7. The Hall–Kier alpha value is -1.75. The summed E-state index contributed by atoms with van der Waals surface area (Å²) in [5, 5.41) is 6.19. The summed E-state index contributed by atoms with van der Waals surface area (Å²) in [6, 6.07) is 5.80. The van der Waals surface area contributed by atoms with E-state index in [9.17, 15) is 4.79 Å². The molecule has 1 amide bonds. The highest BCUT2D eigenvalue weighted by atomic mass is 16.5. The topological polar surface area (TPSA) is 59.6 Å². The lowest BCUT2D eigenvalue weighted by molar-refractivity contribution is -0.124. The number of rotatable bonds is 3. The van der Waals surface area contributed by atoms with E-state index in [0.29, 0.717) is 19.8 Å². The molecule has 1 fully saturated rings. The zero-order chi connectivity index (χ0) is 13.8. The monoisotopic (exact) mass is 276 g/mol. The molecule has 2 N–H and O–H groups in total. The zero-order valence-electron chi connectivity index (χ0n) is 11.5. The van der Waals surface area contributed by atoms with Gasteiger partial charge < -0.3 is 20.1 Å². The molecule has 0 saturated carbocycles. The Balaban J connectivity index is 1.69. The summed E-state index contributed by atoms with van der Waals surface area (Å²) in [6.45, 7) is 2.77. The number of nitrogens with one attached hydrogen (secondary N) is 2. The Morgan fingerprint density at radius 1 is 1.25 bits per heavy atom. The van der Waals surface area contributed by atoms with Gasteiger partial charge in [-0.15, -0.1) is 0 Å². The molecule has 0 unspecified atom stereocenters. The summed E-state index contributed by atoms with van der Waals surface area (Å²) in [5.74, 6) is 1.71. The molecule has 1 atom stereocenters. The van der Waals surface area contributed by atoms with E-state index in [0.717, 1.165) is 42.9 Å². The highest BCUT2D eigenvalue weighted by Gasteiger charge is 2.22. The number of amides is 1. The number of ether oxygens (including phenoxy) is 2. The van der Waals surface area contributed by atoms with Crippen molar-refractivity contribution < 1.29 is 14.3 Å². The number of carbonyl (C=O) groups is 1. The Bertz CT molecular complexity index is 490. The van der Waals surface area contributed by atoms with Crippen LogP contribution >= 0.6 is 0 Å². The second-order valence-electron chi connectivity index (χ2n) is 5.16. The minimum absolute atomic E-state index is 0.0930. The molecule has 0 bridgehead atoms. The third-order valence-electron chi connectivity index (χ3n) is 3.68. The molecule has 2 aliphatic heterocycles. The van der Waals surface area contributed by atoms with Crippen LogP contribution in [0, 0.1) is 0 Å². The molecule has 20 heavy (non-hydrogen) atoms. The van der Waals surface area contributed by atoms with Crippen LogP contribution in [0.3, 0.4) is 0 Å². The first-order chi connectivity index (χ1) is 9.84. The summed E-state index contributed by atoms with van der Waals surface area (Å²) in [6.07, 6.45) is 2.81. The van der Waals surface area contributed by atoms with Crippen LogP contribution in [0.15, 0.2) is 18.2 Å². The first-order valence-electron chi connectivity index (χ1n) is 7.23. The van der Waals surface area contributed by atoms with Gasteiger partial charge in [-0.2, -0.15) is 0 Å². The molecule has 0 aliphatic carbocycles. The van der Waals surface area contributed by atoms with E-state index in [1.54, 1.807) is 0 Å². The number of para-hydroxylation sites is 1. The number of benzene rings is 1. The highest BCUT2D eigenvalue weighted by Crippen LogP contribution is 2.33. The van der Waals surface area contributed by atoms with Gasteiger partial charge in [0.05, 0.1) is 19.3 Å². The first kappa shape index (κ1) is 13.2. The molecule has 2 heterocycles. The summed E-state index contributed by atoms with van der Waals surface area (Å²) in [7, 11) is 0. The van der Waals surface area contributed by atoms with Gasteiger partial charge in [0.2, 0.25) is 5.91 Å². The average molecular weight is 276 g/mol. The van der Waals surface area contributed by atoms with E-state index in [2.05, 4.69) is 10.6 Å². The number of hydrogen-bond acceptors (Lipinski definition) is 4. The maximum atomic E-state index is 11.7. The van der Waals surface area contributed by atoms with Crippen molar-refractivity contribution in [1.82, 2.24) is 10.6 Å². The third-order valence-corrected chi connectivity index (χ3v) is 3.68. The predicted octanol–water partition coefficient (Wildman–Crippen LogP) is 1.22. The molecule has 1 aromatic carbocycles. The number of hydrogen-bond donors (Lipinski definition) is 2. The normalized spacial score (nSPS) is 22.0. The summed E-state index contributed by atoms with van der Waals surface area (Å²) in [5.41, 5.74) is 1.04. The van der Waals surface area contributed by atoms with Crippen LogP contribution in [0.4, 0.5) is 0 Å². The quantitative estimate of drug-likeness (QED) is 0.871. The fraction of sp³-hybridized carbons (Fsp3) is 0.533. The van der Waals surface area contributed by atoms with Crippen molar-refractivity contribution in [3.8, 4) is 11.5 Å². The van der Waals surface area contributed by atoms with Gasteiger partial charge in [-0.05, 0) is 18.9 Å². The van der Waals surface area contributed by atoms with Gasteiger partial charge in [-0.25, -0.2) is 0 Å². The van der Waals surface area contributed by atoms with E-state index in [1.807, 2.05) is 18.2 Å². The van der Waals surface area contributed by atoms with Crippen LogP contribution in [0.25, 0.3) is 0 Å². The first-order valence-corrected chi connectivity index (χ1v) is 7.23. The van der Waals surface area contributed by atoms with Crippen molar-refractivity contribution >= 4 is 5.91 Å². The SMILES string of the molecule is O=C1NCCC[C@@H]1NCc1cccc2c1OCCCO2. The standard InChI is InChI=1S/C15H20N2O3/c18-15-12(5-2-7-16-15)17-10-11-4-1-6-13-14(11)20-9-3-8-19-13/h1,4,6,12,17H,2-3,5,7-10H2,(H,16,18)/t12-/m0/s1. The van der Waals surface area contributed by atoms with E-state index in [-0.39, 0.29) is 11.9 Å². The fourth-order valence-electron chi connectivity index (χ4n) is 2.59. The lowest BCUT2D eigenvalue weighted by Crippen LogP contribution is -2.47. The molecule has 0 aromatic heterocycles. The van der Waals surface area contributed by atoms with E-state index < -0.39 is 0 Å². The van der Waals surface area contributed by atoms with Crippen LogP contribution < -0.4 is 20.1 Å². The smallest absolute Gasteiger partial charge is 0.237 e. The Morgan fingerprint density at radius 3 is 3.05 bits per heavy atom. The van der Waals surface area contributed by atoms with Crippen LogP contribution in [-0.2, 0) is 11.3 Å². The highest BCUT2D eigenvalue weighted by molar-refractivity contribution is 5.82. The van der Waals surface area contributed by atoms with E-state index in [4.69, 9.17) is 9.47 Å².